The number of hydrogen-bond donors (Lipinski definition) is 1. The number of carbonyl (C=O) groups excluding carboxylic acids is 1. The molecule has 2 aromatic heterocycles. The summed E-state index contributed by atoms with van der Waals surface area (Å²) in [6.45, 7) is 0.914. The number of thiophene rings is 1. The Morgan fingerprint density at radius 2 is 1.92 bits per heavy atom. The standard InChI is InChI=1S/C26H22ClFN2O4S2/c27-24-7-8-25(35-24)36(33,34)15-20(31)11-17-3-6-23(22(28)12-17)30-10-9-18-13-19(29-14-16-1-2-16)4-5-21(18)26(30)32/h3-10,12-13,16,29H,1-2,11,14-15H2. The van der Waals surface area contributed by atoms with Gasteiger partial charge < -0.3 is 5.32 Å². The molecule has 0 unspecified atom stereocenters. The predicted molar refractivity (Wildman–Crippen MR) is 141 cm³/mol. The second-order valence-corrected chi connectivity index (χ2v) is 12.9. The number of rotatable bonds is 9. The van der Waals surface area contributed by atoms with Gasteiger partial charge in [-0.3, -0.25) is 14.2 Å². The van der Waals surface area contributed by atoms with Gasteiger partial charge in [-0.05, 0) is 78.2 Å². The van der Waals surface area contributed by atoms with Crippen molar-refractivity contribution in [1.82, 2.24) is 4.57 Å². The van der Waals surface area contributed by atoms with Crippen LogP contribution >= 0.6 is 22.9 Å². The fraction of sp³-hybridized carbons (Fsp3) is 0.231. The Kier molecular flexibility index (Phi) is 6.72. The van der Waals surface area contributed by atoms with Crippen molar-refractivity contribution >= 4 is 55.0 Å². The molecule has 5 rings (SSSR count). The van der Waals surface area contributed by atoms with E-state index in [9.17, 15) is 18.0 Å². The van der Waals surface area contributed by atoms with Crippen LogP contribution in [0.2, 0.25) is 4.34 Å². The Bertz CT molecular complexity index is 1640. The molecule has 2 aromatic carbocycles. The molecule has 6 nitrogen and oxygen atoms in total. The molecule has 36 heavy (non-hydrogen) atoms. The number of Topliss-reactive ketones (excluding diaryl/α,β-unsaturated/α-hetero) is 1. The monoisotopic (exact) mass is 544 g/mol. The van der Waals surface area contributed by atoms with E-state index >= 15 is 4.39 Å². The smallest absolute Gasteiger partial charge is 0.263 e. The van der Waals surface area contributed by atoms with Crippen molar-refractivity contribution < 1.29 is 17.6 Å². The molecule has 0 spiro atoms. The molecule has 0 amide bonds. The van der Waals surface area contributed by atoms with Gasteiger partial charge in [-0.2, -0.15) is 0 Å². The summed E-state index contributed by atoms with van der Waals surface area (Å²) in [7, 11) is -3.81. The lowest BCUT2D eigenvalue weighted by atomic mass is 10.1. The van der Waals surface area contributed by atoms with E-state index in [0.717, 1.165) is 40.9 Å². The van der Waals surface area contributed by atoms with E-state index in [4.69, 9.17) is 11.6 Å². The van der Waals surface area contributed by atoms with Gasteiger partial charge in [0.25, 0.3) is 5.56 Å². The van der Waals surface area contributed by atoms with Crippen LogP contribution in [0.4, 0.5) is 10.1 Å². The van der Waals surface area contributed by atoms with Gasteiger partial charge in [0.05, 0.1) is 10.0 Å². The number of fused-ring (bicyclic) bond motifs is 1. The zero-order chi connectivity index (χ0) is 25.4. The first-order valence-corrected chi connectivity index (χ1v) is 14.2. The molecule has 2 heterocycles. The van der Waals surface area contributed by atoms with Crippen LogP contribution in [0, 0.1) is 11.7 Å². The first kappa shape index (κ1) is 24.7. The van der Waals surface area contributed by atoms with Crippen molar-refractivity contribution in [2.75, 3.05) is 17.6 Å². The highest BCUT2D eigenvalue weighted by Crippen LogP contribution is 2.29. The summed E-state index contributed by atoms with van der Waals surface area (Å²) in [5.74, 6) is -1.23. The van der Waals surface area contributed by atoms with E-state index in [0.29, 0.717) is 15.3 Å². The number of anilines is 1. The minimum Gasteiger partial charge on any atom is -0.385 e. The molecule has 0 bridgehead atoms. The van der Waals surface area contributed by atoms with Crippen LogP contribution in [0.3, 0.4) is 0 Å². The number of pyridine rings is 1. The fourth-order valence-corrected chi connectivity index (χ4v) is 6.83. The number of carbonyl (C=O) groups is 1. The molecule has 1 aliphatic rings. The van der Waals surface area contributed by atoms with Crippen LogP contribution in [0.25, 0.3) is 16.5 Å². The highest BCUT2D eigenvalue weighted by atomic mass is 35.5. The number of halogens is 2. The normalized spacial score (nSPS) is 13.7. The highest BCUT2D eigenvalue weighted by molar-refractivity contribution is 7.94. The summed E-state index contributed by atoms with van der Waals surface area (Å²) < 4.78 is 41.4. The highest BCUT2D eigenvalue weighted by Gasteiger charge is 2.22. The fourth-order valence-electron chi connectivity index (χ4n) is 4.01. The first-order valence-electron chi connectivity index (χ1n) is 11.4. The Hall–Kier alpha value is -3.01. The molecule has 0 saturated heterocycles. The molecule has 1 N–H and O–H groups in total. The molecule has 4 aromatic rings. The molecule has 0 atom stereocenters. The number of ketones is 1. The Morgan fingerprint density at radius 3 is 2.61 bits per heavy atom. The maximum absolute atomic E-state index is 15.0. The largest absolute Gasteiger partial charge is 0.385 e. The van der Waals surface area contributed by atoms with Crippen molar-refractivity contribution in [1.29, 1.82) is 0 Å². The topological polar surface area (TPSA) is 85.2 Å². The average Bonchev–Trinajstić information content (AvgIpc) is 3.55. The quantitative estimate of drug-likeness (QED) is 0.311. The van der Waals surface area contributed by atoms with Crippen LogP contribution in [-0.2, 0) is 21.1 Å². The molecular weight excluding hydrogens is 523 g/mol. The van der Waals surface area contributed by atoms with Crippen molar-refractivity contribution in [3.05, 3.63) is 86.9 Å². The third-order valence-electron chi connectivity index (χ3n) is 6.07. The van der Waals surface area contributed by atoms with Gasteiger partial charge in [-0.25, -0.2) is 12.8 Å². The lowest BCUT2D eigenvalue weighted by Gasteiger charge is -2.11. The summed E-state index contributed by atoms with van der Waals surface area (Å²) in [5, 5.41) is 4.60. The Labute approximate surface area is 216 Å². The van der Waals surface area contributed by atoms with Crippen molar-refractivity contribution in [3.63, 3.8) is 0 Å². The van der Waals surface area contributed by atoms with Gasteiger partial charge in [0.1, 0.15) is 15.8 Å². The summed E-state index contributed by atoms with van der Waals surface area (Å²) in [4.78, 5) is 25.5. The SMILES string of the molecule is O=C(Cc1ccc(-n2ccc3cc(NCC4CC4)ccc3c2=O)c(F)c1)CS(=O)(=O)c1ccc(Cl)s1. The number of sulfone groups is 1. The third kappa shape index (κ3) is 5.38. The molecule has 10 heteroatoms. The number of aromatic nitrogens is 1. The molecule has 0 radical (unpaired) electrons. The van der Waals surface area contributed by atoms with Gasteiger partial charge in [-0.15, -0.1) is 11.3 Å². The van der Waals surface area contributed by atoms with Crippen molar-refractivity contribution in [2.24, 2.45) is 5.92 Å². The van der Waals surface area contributed by atoms with Crippen LogP contribution in [0.15, 0.2) is 69.8 Å². The van der Waals surface area contributed by atoms with Gasteiger partial charge in [-0.1, -0.05) is 17.7 Å². The summed E-state index contributed by atoms with van der Waals surface area (Å²) in [6, 6.07) is 14.2. The average molecular weight is 545 g/mol. The van der Waals surface area contributed by atoms with Crippen LogP contribution in [0.5, 0.6) is 0 Å². The Balaban J connectivity index is 1.33. The van der Waals surface area contributed by atoms with Crippen molar-refractivity contribution in [2.45, 2.75) is 23.5 Å². The summed E-state index contributed by atoms with van der Waals surface area (Å²) >= 11 is 6.67. The number of nitrogens with zero attached hydrogens (tertiary/aromatic N) is 1. The van der Waals surface area contributed by atoms with Crippen LogP contribution in [-0.4, -0.2) is 31.1 Å². The number of hydrogen-bond acceptors (Lipinski definition) is 6. The van der Waals surface area contributed by atoms with Gasteiger partial charge in [0, 0.05) is 30.2 Å². The van der Waals surface area contributed by atoms with Crippen LogP contribution < -0.4 is 10.9 Å². The van der Waals surface area contributed by atoms with E-state index in [1.165, 1.54) is 47.9 Å². The zero-order valence-corrected chi connectivity index (χ0v) is 21.4. The minimum absolute atomic E-state index is 0.0175. The second kappa shape index (κ2) is 9.80. The van der Waals surface area contributed by atoms with Gasteiger partial charge in [0.2, 0.25) is 0 Å². The first-order chi connectivity index (χ1) is 17.2. The maximum Gasteiger partial charge on any atom is 0.263 e. The molecule has 186 valence electrons. The summed E-state index contributed by atoms with van der Waals surface area (Å²) in [6.07, 6.45) is 3.76. The van der Waals surface area contributed by atoms with E-state index in [-0.39, 0.29) is 21.9 Å². The molecule has 1 fully saturated rings. The number of benzene rings is 2. The zero-order valence-electron chi connectivity index (χ0n) is 19.0. The summed E-state index contributed by atoms with van der Waals surface area (Å²) in [5.41, 5.74) is 0.955. The van der Waals surface area contributed by atoms with E-state index in [1.807, 2.05) is 12.1 Å². The Morgan fingerprint density at radius 1 is 1.11 bits per heavy atom. The minimum atomic E-state index is -3.81. The second-order valence-electron chi connectivity index (χ2n) is 8.94. The van der Waals surface area contributed by atoms with Gasteiger partial charge in [0.15, 0.2) is 15.6 Å². The van der Waals surface area contributed by atoms with E-state index in [1.54, 1.807) is 12.1 Å². The molecule has 0 aliphatic heterocycles. The molecule has 1 saturated carbocycles. The van der Waals surface area contributed by atoms with Gasteiger partial charge >= 0.3 is 0 Å². The predicted octanol–water partition coefficient (Wildman–Crippen LogP) is 5.25. The molecular formula is C26H22ClFN2O4S2. The van der Waals surface area contributed by atoms with Crippen molar-refractivity contribution in [3.8, 4) is 5.69 Å². The van der Waals surface area contributed by atoms with Crippen LogP contribution in [0.1, 0.15) is 18.4 Å². The lowest BCUT2D eigenvalue weighted by Crippen LogP contribution is -2.19. The third-order valence-corrected chi connectivity index (χ3v) is 9.56. The van der Waals surface area contributed by atoms with E-state index in [2.05, 4.69) is 5.32 Å². The van der Waals surface area contributed by atoms with E-state index < -0.39 is 27.2 Å². The lowest BCUT2D eigenvalue weighted by molar-refractivity contribution is -0.116. The number of nitrogens with one attached hydrogen (secondary N) is 1. The molecule has 1 aliphatic carbocycles. The maximum atomic E-state index is 15.0.